The van der Waals surface area contributed by atoms with Gasteiger partial charge in [0.05, 0.1) is 5.69 Å². The molecule has 0 spiro atoms. The second kappa shape index (κ2) is 4.81. The Hall–Kier alpha value is -1.12. The van der Waals surface area contributed by atoms with Crippen molar-refractivity contribution in [2.45, 2.75) is 38.6 Å². The third kappa shape index (κ3) is 2.52. The second-order valence-electron chi connectivity index (χ2n) is 4.60. The lowest BCUT2D eigenvalue weighted by molar-refractivity contribution is 0.479. The highest BCUT2D eigenvalue weighted by Gasteiger charge is 2.22. The van der Waals surface area contributed by atoms with E-state index < -0.39 is 5.82 Å². The number of hydrogen-bond acceptors (Lipinski definition) is 1. The van der Waals surface area contributed by atoms with Gasteiger partial charge >= 0.3 is 0 Å². The summed E-state index contributed by atoms with van der Waals surface area (Å²) in [7, 11) is 0. The van der Waals surface area contributed by atoms with Crippen molar-refractivity contribution in [2.75, 3.05) is 5.32 Å². The van der Waals surface area contributed by atoms with Gasteiger partial charge in [0, 0.05) is 6.04 Å². The van der Waals surface area contributed by atoms with Gasteiger partial charge in [-0.3, -0.25) is 0 Å². The van der Waals surface area contributed by atoms with E-state index in [0.29, 0.717) is 5.92 Å². The molecule has 0 radical (unpaired) electrons. The molecule has 16 heavy (non-hydrogen) atoms. The summed E-state index contributed by atoms with van der Waals surface area (Å²) in [6.45, 7) is 2.04. The number of hydrogen-bond donors (Lipinski definition) is 1. The van der Waals surface area contributed by atoms with Gasteiger partial charge in [0.1, 0.15) is 11.6 Å². The molecule has 1 nitrogen and oxygen atoms in total. The molecule has 3 heteroatoms. The van der Waals surface area contributed by atoms with Crippen LogP contribution in [-0.2, 0) is 0 Å². The summed E-state index contributed by atoms with van der Waals surface area (Å²) in [5, 5.41) is 3.08. The Morgan fingerprint density at radius 2 is 1.94 bits per heavy atom. The van der Waals surface area contributed by atoms with E-state index in [9.17, 15) is 8.78 Å². The second-order valence-corrected chi connectivity index (χ2v) is 4.60. The summed E-state index contributed by atoms with van der Waals surface area (Å²) in [6.07, 6.45) is 4.88. The maximum absolute atomic E-state index is 13.4. The molecule has 1 aliphatic rings. The summed E-state index contributed by atoms with van der Waals surface area (Å²) < 4.78 is 26.4. The molecule has 1 unspecified atom stereocenters. The van der Waals surface area contributed by atoms with Crippen LogP contribution in [0, 0.1) is 17.6 Å². The molecule has 1 saturated carbocycles. The molecule has 0 bridgehead atoms. The summed E-state index contributed by atoms with van der Waals surface area (Å²) in [6, 6.07) is 3.74. The van der Waals surface area contributed by atoms with Crippen LogP contribution in [0.3, 0.4) is 0 Å². The van der Waals surface area contributed by atoms with Gasteiger partial charge in [-0.15, -0.1) is 0 Å². The lowest BCUT2D eigenvalue weighted by atomic mass is 9.99. The van der Waals surface area contributed by atoms with Crippen molar-refractivity contribution in [3.63, 3.8) is 0 Å². The molecule has 0 heterocycles. The molecule has 1 atom stereocenters. The smallest absolute Gasteiger partial charge is 0.146 e. The first-order valence-corrected chi connectivity index (χ1v) is 5.88. The van der Waals surface area contributed by atoms with Crippen molar-refractivity contribution < 1.29 is 8.78 Å². The molecule has 0 aliphatic heterocycles. The molecular weight excluding hydrogens is 208 g/mol. The van der Waals surface area contributed by atoms with E-state index in [0.717, 1.165) is 6.07 Å². The SMILES string of the molecule is CC(Nc1cc(F)ccc1F)C1CCCC1. The zero-order valence-electron chi connectivity index (χ0n) is 9.47. The molecule has 1 N–H and O–H groups in total. The Labute approximate surface area is 94.9 Å². The summed E-state index contributed by atoms with van der Waals surface area (Å²) in [5.74, 6) is -0.198. The van der Waals surface area contributed by atoms with Crippen LogP contribution in [0.25, 0.3) is 0 Å². The van der Waals surface area contributed by atoms with E-state index in [1.54, 1.807) is 0 Å². The summed E-state index contributed by atoms with van der Waals surface area (Å²) in [4.78, 5) is 0. The first kappa shape index (κ1) is 11.4. The summed E-state index contributed by atoms with van der Waals surface area (Å²) >= 11 is 0. The van der Waals surface area contributed by atoms with Gasteiger partial charge in [-0.25, -0.2) is 8.78 Å². The Morgan fingerprint density at radius 3 is 2.62 bits per heavy atom. The lowest BCUT2D eigenvalue weighted by Crippen LogP contribution is -2.24. The maximum atomic E-state index is 13.4. The monoisotopic (exact) mass is 225 g/mol. The standard InChI is InChI=1S/C13H17F2N/c1-9(10-4-2-3-5-10)16-13-8-11(14)6-7-12(13)15/h6-10,16H,2-5H2,1H3. The lowest BCUT2D eigenvalue weighted by Gasteiger charge is -2.21. The zero-order valence-corrected chi connectivity index (χ0v) is 9.47. The zero-order chi connectivity index (χ0) is 11.5. The maximum Gasteiger partial charge on any atom is 0.146 e. The molecule has 88 valence electrons. The van der Waals surface area contributed by atoms with Gasteiger partial charge in [0.25, 0.3) is 0 Å². The fourth-order valence-corrected chi connectivity index (χ4v) is 2.43. The van der Waals surface area contributed by atoms with E-state index in [4.69, 9.17) is 0 Å². The van der Waals surface area contributed by atoms with Gasteiger partial charge in [-0.05, 0) is 43.9 Å². The van der Waals surface area contributed by atoms with Crippen molar-refractivity contribution in [2.24, 2.45) is 5.92 Å². The Morgan fingerprint density at radius 1 is 1.25 bits per heavy atom. The molecule has 2 rings (SSSR count). The fraction of sp³-hybridized carbons (Fsp3) is 0.538. The van der Waals surface area contributed by atoms with Crippen LogP contribution in [0.4, 0.5) is 14.5 Å². The molecule has 1 aromatic carbocycles. The third-order valence-electron chi connectivity index (χ3n) is 3.42. The molecule has 0 amide bonds. The third-order valence-corrected chi connectivity index (χ3v) is 3.42. The van der Waals surface area contributed by atoms with Crippen molar-refractivity contribution in [1.82, 2.24) is 0 Å². The van der Waals surface area contributed by atoms with Gasteiger partial charge in [0.15, 0.2) is 0 Å². The number of nitrogens with one attached hydrogen (secondary N) is 1. The Kier molecular flexibility index (Phi) is 3.42. The van der Waals surface area contributed by atoms with Crippen molar-refractivity contribution >= 4 is 5.69 Å². The first-order chi connectivity index (χ1) is 7.66. The van der Waals surface area contributed by atoms with E-state index >= 15 is 0 Å². The number of benzene rings is 1. The summed E-state index contributed by atoms with van der Waals surface area (Å²) in [5.41, 5.74) is 0.277. The van der Waals surface area contributed by atoms with Crippen molar-refractivity contribution in [3.05, 3.63) is 29.8 Å². The molecule has 1 aliphatic carbocycles. The van der Waals surface area contributed by atoms with E-state index in [2.05, 4.69) is 5.32 Å². The number of halogens is 2. The van der Waals surface area contributed by atoms with Crippen LogP contribution in [0.2, 0.25) is 0 Å². The average molecular weight is 225 g/mol. The van der Waals surface area contributed by atoms with Crippen LogP contribution in [0.1, 0.15) is 32.6 Å². The molecule has 0 saturated heterocycles. The molecule has 1 aromatic rings. The Bertz CT molecular complexity index is 359. The van der Waals surface area contributed by atoms with Crippen LogP contribution in [-0.4, -0.2) is 6.04 Å². The predicted octanol–water partition coefficient (Wildman–Crippen LogP) is 3.96. The Balaban J connectivity index is 2.04. The minimum atomic E-state index is -0.400. The highest BCUT2D eigenvalue weighted by atomic mass is 19.1. The van der Waals surface area contributed by atoms with Gasteiger partial charge in [-0.2, -0.15) is 0 Å². The van der Waals surface area contributed by atoms with Crippen LogP contribution in [0.15, 0.2) is 18.2 Å². The molecular formula is C13H17F2N. The topological polar surface area (TPSA) is 12.0 Å². The quantitative estimate of drug-likeness (QED) is 0.821. The normalized spacial score (nSPS) is 18.7. The van der Waals surface area contributed by atoms with Gasteiger partial charge < -0.3 is 5.32 Å². The fourth-order valence-electron chi connectivity index (χ4n) is 2.43. The number of anilines is 1. The highest BCUT2D eigenvalue weighted by molar-refractivity contribution is 5.45. The van der Waals surface area contributed by atoms with E-state index in [1.165, 1.54) is 37.8 Å². The minimum absolute atomic E-state index is 0.207. The number of rotatable bonds is 3. The highest BCUT2D eigenvalue weighted by Crippen LogP contribution is 2.29. The van der Waals surface area contributed by atoms with Gasteiger partial charge in [0.2, 0.25) is 0 Å². The molecule has 1 fully saturated rings. The van der Waals surface area contributed by atoms with Crippen molar-refractivity contribution in [3.8, 4) is 0 Å². The van der Waals surface area contributed by atoms with E-state index in [-0.39, 0.29) is 17.5 Å². The van der Waals surface area contributed by atoms with Crippen LogP contribution >= 0.6 is 0 Å². The van der Waals surface area contributed by atoms with E-state index in [1.807, 2.05) is 6.92 Å². The largest absolute Gasteiger partial charge is 0.380 e. The van der Waals surface area contributed by atoms with Crippen LogP contribution < -0.4 is 5.32 Å². The van der Waals surface area contributed by atoms with Gasteiger partial charge in [-0.1, -0.05) is 12.8 Å². The van der Waals surface area contributed by atoms with Crippen molar-refractivity contribution in [1.29, 1.82) is 0 Å². The van der Waals surface area contributed by atoms with Crippen LogP contribution in [0.5, 0.6) is 0 Å². The molecule has 0 aromatic heterocycles. The first-order valence-electron chi connectivity index (χ1n) is 5.88. The average Bonchev–Trinajstić information content (AvgIpc) is 2.76. The minimum Gasteiger partial charge on any atom is -0.380 e. The predicted molar refractivity (Wildman–Crippen MR) is 61.4 cm³/mol.